The molecule has 0 heterocycles. The smallest absolute Gasteiger partial charge is 0.193 e. The highest BCUT2D eigenvalue weighted by atomic mass is 32.1. The Morgan fingerprint density at radius 2 is 1.59 bits per heavy atom. The Morgan fingerprint density at radius 1 is 0.909 bits per heavy atom. The Labute approximate surface area is 135 Å². The second-order valence-electron chi connectivity index (χ2n) is 5.20. The molecule has 1 nitrogen and oxygen atoms in total. The zero-order chi connectivity index (χ0) is 15.5. The van der Waals surface area contributed by atoms with Crippen molar-refractivity contribution in [3.8, 4) is 16.9 Å². The largest absolute Gasteiger partial charge is 0.445 e. The highest BCUT2D eigenvalue weighted by Gasteiger charge is 2.12. The maximum Gasteiger partial charge on any atom is 0.193 e. The standard InChI is InChI=1S/C20H16OS/c1-14(2)20(22)21-18-13-12-15-8-6-7-11-17(15)19(18)16-9-4-3-5-10-16/h3-13H,1H2,2H3. The summed E-state index contributed by atoms with van der Waals surface area (Å²) in [7, 11) is 0. The van der Waals surface area contributed by atoms with Crippen LogP contribution < -0.4 is 4.74 Å². The minimum absolute atomic E-state index is 0.424. The highest BCUT2D eigenvalue weighted by molar-refractivity contribution is 7.80. The first-order valence-electron chi connectivity index (χ1n) is 7.11. The lowest BCUT2D eigenvalue weighted by Crippen LogP contribution is -2.06. The van der Waals surface area contributed by atoms with Gasteiger partial charge in [0.15, 0.2) is 5.05 Å². The highest BCUT2D eigenvalue weighted by Crippen LogP contribution is 2.37. The molecule has 0 unspecified atom stereocenters. The lowest BCUT2D eigenvalue weighted by molar-refractivity contribution is 0.568. The van der Waals surface area contributed by atoms with Crippen LogP contribution in [0.4, 0.5) is 0 Å². The molecule has 0 saturated carbocycles. The van der Waals surface area contributed by atoms with Gasteiger partial charge in [-0.25, -0.2) is 0 Å². The van der Waals surface area contributed by atoms with Gasteiger partial charge >= 0.3 is 0 Å². The minimum atomic E-state index is 0.424. The van der Waals surface area contributed by atoms with Crippen molar-refractivity contribution >= 4 is 28.0 Å². The van der Waals surface area contributed by atoms with Crippen LogP contribution in [0.15, 0.2) is 78.9 Å². The van der Waals surface area contributed by atoms with Gasteiger partial charge in [-0.15, -0.1) is 0 Å². The molecule has 3 aromatic carbocycles. The van der Waals surface area contributed by atoms with Gasteiger partial charge in [0.2, 0.25) is 0 Å². The minimum Gasteiger partial charge on any atom is -0.445 e. The predicted octanol–water partition coefficient (Wildman–Crippen LogP) is 5.79. The maximum atomic E-state index is 5.90. The molecule has 22 heavy (non-hydrogen) atoms. The monoisotopic (exact) mass is 304 g/mol. The molecule has 0 atom stereocenters. The van der Waals surface area contributed by atoms with Crippen molar-refractivity contribution in [3.05, 3.63) is 78.9 Å². The Morgan fingerprint density at radius 3 is 2.32 bits per heavy atom. The number of hydrogen-bond donors (Lipinski definition) is 0. The molecular formula is C20H16OS. The van der Waals surface area contributed by atoms with E-state index in [4.69, 9.17) is 17.0 Å². The SMILES string of the molecule is C=C(C)C(=S)Oc1ccc2ccccc2c1-c1ccccc1. The van der Waals surface area contributed by atoms with Crippen molar-refractivity contribution < 1.29 is 4.74 Å². The number of benzene rings is 3. The fourth-order valence-corrected chi connectivity index (χ4v) is 2.52. The quantitative estimate of drug-likeness (QED) is 0.447. The molecule has 0 saturated heterocycles. The van der Waals surface area contributed by atoms with Crippen molar-refractivity contribution in [1.82, 2.24) is 0 Å². The van der Waals surface area contributed by atoms with E-state index in [-0.39, 0.29) is 0 Å². The summed E-state index contributed by atoms with van der Waals surface area (Å²) in [4.78, 5) is 0. The number of ether oxygens (including phenoxy) is 1. The molecule has 0 aliphatic carbocycles. The van der Waals surface area contributed by atoms with Crippen molar-refractivity contribution in [1.29, 1.82) is 0 Å². The first kappa shape index (κ1) is 14.5. The fourth-order valence-electron chi connectivity index (χ4n) is 2.43. The Hall–Kier alpha value is -2.45. The molecule has 0 bridgehead atoms. The van der Waals surface area contributed by atoms with Gasteiger partial charge in [0, 0.05) is 5.56 Å². The molecule has 108 valence electrons. The third-order valence-electron chi connectivity index (χ3n) is 3.50. The summed E-state index contributed by atoms with van der Waals surface area (Å²) in [5, 5.41) is 2.75. The van der Waals surface area contributed by atoms with Crippen molar-refractivity contribution in [3.63, 3.8) is 0 Å². The van der Waals surface area contributed by atoms with Gasteiger partial charge in [0.05, 0.1) is 0 Å². The van der Waals surface area contributed by atoms with Crippen molar-refractivity contribution in [2.24, 2.45) is 0 Å². The first-order chi connectivity index (χ1) is 10.7. The van der Waals surface area contributed by atoms with Gasteiger partial charge in [0.25, 0.3) is 0 Å². The fraction of sp³-hybridized carbons (Fsp3) is 0.0500. The summed E-state index contributed by atoms with van der Waals surface area (Å²) >= 11 is 5.27. The molecule has 0 amide bonds. The molecule has 0 N–H and O–H groups in total. The summed E-state index contributed by atoms with van der Waals surface area (Å²) < 4.78 is 5.90. The van der Waals surface area contributed by atoms with E-state index in [2.05, 4.69) is 36.9 Å². The van der Waals surface area contributed by atoms with Gasteiger partial charge in [0.1, 0.15) is 5.75 Å². The van der Waals surface area contributed by atoms with Crippen LogP contribution in [0.1, 0.15) is 6.92 Å². The van der Waals surface area contributed by atoms with E-state index in [0.29, 0.717) is 5.05 Å². The topological polar surface area (TPSA) is 9.23 Å². The maximum absolute atomic E-state index is 5.90. The van der Waals surface area contributed by atoms with E-state index in [1.54, 1.807) is 0 Å². The first-order valence-corrected chi connectivity index (χ1v) is 7.52. The molecule has 0 aromatic heterocycles. The molecule has 0 radical (unpaired) electrons. The summed E-state index contributed by atoms with van der Waals surface area (Å²) in [5.74, 6) is 0.762. The normalized spacial score (nSPS) is 10.4. The summed E-state index contributed by atoms with van der Waals surface area (Å²) in [6, 6.07) is 22.5. The summed E-state index contributed by atoms with van der Waals surface area (Å²) in [6.07, 6.45) is 0. The van der Waals surface area contributed by atoms with Gasteiger partial charge in [-0.2, -0.15) is 0 Å². The van der Waals surface area contributed by atoms with Crippen LogP contribution in [-0.2, 0) is 0 Å². The number of rotatable bonds is 3. The molecule has 0 fully saturated rings. The Bertz CT molecular complexity index is 850. The third-order valence-corrected chi connectivity index (χ3v) is 3.94. The van der Waals surface area contributed by atoms with Crippen LogP contribution >= 0.6 is 12.2 Å². The van der Waals surface area contributed by atoms with E-state index in [1.807, 2.05) is 43.3 Å². The number of hydrogen-bond acceptors (Lipinski definition) is 2. The van der Waals surface area contributed by atoms with Crippen LogP contribution in [-0.4, -0.2) is 5.05 Å². The second-order valence-corrected chi connectivity index (χ2v) is 5.57. The van der Waals surface area contributed by atoms with Crippen LogP contribution in [0.3, 0.4) is 0 Å². The molecule has 3 rings (SSSR count). The number of fused-ring (bicyclic) bond motifs is 1. The third kappa shape index (κ3) is 2.78. The Kier molecular flexibility index (Phi) is 4.03. The van der Waals surface area contributed by atoms with Gasteiger partial charge < -0.3 is 4.74 Å². The van der Waals surface area contributed by atoms with Gasteiger partial charge in [-0.05, 0) is 47.1 Å². The van der Waals surface area contributed by atoms with Crippen molar-refractivity contribution in [2.45, 2.75) is 6.92 Å². The van der Waals surface area contributed by atoms with Gasteiger partial charge in [-0.1, -0.05) is 67.2 Å². The van der Waals surface area contributed by atoms with Crippen LogP contribution in [0.25, 0.3) is 21.9 Å². The van der Waals surface area contributed by atoms with Crippen LogP contribution in [0, 0.1) is 0 Å². The molecule has 0 aliphatic rings. The Balaban J connectivity index is 2.24. The van der Waals surface area contributed by atoms with E-state index in [9.17, 15) is 0 Å². The van der Waals surface area contributed by atoms with Crippen LogP contribution in [0.2, 0.25) is 0 Å². The summed E-state index contributed by atoms with van der Waals surface area (Å²) in [5.41, 5.74) is 2.92. The zero-order valence-electron chi connectivity index (χ0n) is 12.4. The molecule has 0 aliphatic heterocycles. The molecule has 3 aromatic rings. The van der Waals surface area contributed by atoms with E-state index in [1.165, 1.54) is 5.39 Å². The lowest BCUT2D eigenvalue weighted by Gasteiger charge is -2.15. The molecular weight excluding hydrogens is 288 g/mol. The average molecular weight is 304 g/mol. The van der Waals surface area contributed by atoms with E-state index in [0.717, 1.165) is 27.8 Å². The van der Waals surface area contributed by atoms with E-state index < -0.39 is 0 Å². The van der Waals surface area contributed by atoms with E-state index >= 15 is 0 Å². The number of thiocarbonyl (C=S) groups is 1. The lowest BCUT2D eigenvalue weighted by atomic mass is 9.97. The molecule has 2 heteroatoms. The van der Waals surface area contributed by atoms with Crippen molar-refractivity contribution in [2.75, 3.05) is 0 Å². The zero-order valence-corrected chi connectivity index (χ0v) is 13.2. The average Bonchev–Trinajstić information content (AvgIpc) is 2.55. The summed E-state index contributed by atoms with van der Waals surface area (Å²) in [6.45, 7) is 5.70. The van der Waals surface area contributed by atoms with Gasteiger partial charge in [-0.3, -0.25) is 0 Å². The predicted molar refractivity (Wildman–Crippen MR) is 97.4 cm³/mol. The second kappa shape index (κ2) is 6.12. The molecule has 0 spiro atoms. The van der Waals surface area contributed by atoms with Crippen LogP contribution in [0.5, 0.6) is 5.75 Å².